The number of fused-ring (bicyclic) bond motifs is 1. The molecule has 0 aromatic carbocycles. The molecule has 0 aromatic heterocycles. The second kappa shape index (κ2) is 21.9. The van der Waals surface area contributed by atoms with Gasteiger partial charge in [0, 0.05) is 19.5 Å². The largest absolute Gasteiger partial charge is 0.354 e. The van der Waals surface area contributed by atoms with Crippen LogP contribution in [-0.4, -0.2) is 147 Å². The van der Waals surface area contributed by atoms with Gasteiger partial charge in [-0.25, -0.2) is 0 Å². The highest BCUT2D eigenvalue weighted by Crippen LogP contribution is 2.42. The van der Waals surface area contributed by atoms with Crippen molar-refractivity contribution >= 4 is 65.0 Å². The van der Waals surface area contributed by atoms with Crippen LogP contribution in [0, 0.1) is 11.8 Å². The maximum atomic E-state index is 13.9. The maximum Gasteiger partial charge on any atom is 0.246 e. The van der Waals surface area contributed by atoms with Crippen molar-refractivity contribution in [1.82, 2.24) is 58.1 Å². The molecule has 3 unspecified atom stereocenters. The van der Waals surface area contributed by atoms with Crippen molar-refractivity contribution in [3.05, 3.63) is 0 Å². The summed E-state index contributed by atoms with van der Waals surface area (Å²) >= 11 is 0. The Balaban J connectivity index is 1.68. The molecule has 3 fully saturated rings. The van der Waals surface area contributed by atoms with Crippen molar-refractivity contribution in [1.29, 1.82) is 0 Å². The van der Waals surface area contributed by atoms with Gasteiger partial charge in [-0.3, -0.25) is 52.7 Å². The van der Waals surface area contributed by atoms with Crippen LogP contribution < -0.4 is 53.2 Å². The molecule has 22 heteroatoms. The van der Waals surface area contributed by atoms with E-state index < -0.39 is 129 Å². The maximum absolute atomic E-state index is 13.9. The summed E-state index contributed by atoms with van der Waals surface area (Å²) in [6.07, 6.45) is 2.93. The predicted molar refractivity (Wildman–Crippen MR) is 194 cm³/mol. The van der Waals surface area contributed by atoms with Crippen LogP contribution in [0.15, 0.2) is 0 Å². The van der Waals surface area contributed by atoms with Gasteiger partial charge in [0.1, 0.15) is 11.6 Å². The van der Waals surface area contributed by atoms with Crippen molar-refractivity contribution in [2.24, 2.45) is 11.8 Å². The van der Waals surface area contributed by atoms with E-state index >= 15 is 0 Å². The molecular formula is C34H53N11O11. The molecule has 3 rings (SSSR count). The molecule has 0 aromatic rings. The molecule has 1 saturated carbocycles. The third kappa shape index (κ3) is 13.8. The van der Waals surface area contributed by atoms with Crippen molar-refractivity contribution in [3.8, 4) is 0 Å². The summed E-state index contributed by atoms with van der Waals surface area (Å²) in [4.78, 5) is 140. The highest BCUT2D eigenvalue weighted by Gasteiger charge is 2.52. The summed E-state index contributed by atoms with van der Waals surface area (Å²) in [7, 11) is 0. The lowest BCUT2D eigenvalue weighted by Crippen LogP contribution is -2.65. The average molecular weight is 792 g/mol. The molecule has 2 saturated heterocycles. The summed E-state index contributed by atoms with van der Waals surface area (Å²) in [6.45, 7) is 0.0362. The molecule has 1 spiro atoms. The Morgan fingerprint density at radius 3 is 1.52 bits per heavy atom. The number of hydrogen-bond donors (Lipinski definition) is 10. The Morgan fingerprint density at radius 2 is 1.02 bits per heavy atom. The SMILES string of the molecule is CC[C@H](C)C1CCCC12NC(=O)C1CCCN1C(=O)CNC(=O)CNC(=O)CNC(=O)CNC(=O)CNC(=O)CNC(=O)CNC(=O)CCNC(=O)CNC2=O. The molecule has 3 aliphatic rings. The topological polar surface area (TPSA) is 311 Å². The van der Waals surface area contributed by atoms with E-state index in [1.807, 2.05) is 13.8 Å². The Hall–Kier alpha value is -5.83. The number of nitrogens with zero attached hydrogens (tertiary/aromatic N) is 1. The van der Waals surface area contributed by atoms with E-state index in [1.165, 1.54) is 4.90 Å². The minimum Gasteiger partial charge on any atom is -0.354 e. The molecule has 0 radical (unpaired) electrons. The van der Waals surface area contributed by atoms with Crippen LogP contribution in [0.25, 0.3) is 0 Å². The van der Waals surface area contributed by atoms with E-state index in [0.29, 0.717) is 32.1 Å². The zero-order chi connectivity index (χ0) is 41.3. The summed E-state index contributed by atoms with van der Waals surface area (Å²) in [5.74, 6) is -7.45. The lowest BCUT2D eigenvalue weighted by molar-refractivity contribution is -0.142. The first-order chi connectivity index (χ1) is 26.6. The van der Waals surface area contributed by atoms with Gasteiger partial charge in [0.05, 0.1) is 52.4 Å². The van der Waals surface area contributed by atoms with Gasteiger partial charge < -0.3 is 58.1 Å². The van der Waals surface area contributed by atoms with Crippen molar-refractivity contribution in [3.63, 3.8) is 0 Å². The predicted octanol–water partition coefficient (Wildman–Crippen LogP) is -5.87. The monoisotopic (exact) mass is 791 g/mol. The number of carbonyl (C=O) groups excluding carboxylic acids is 11. The van der Waals surface area contributed by atoms with Crippen molar-refractivity contribution < 1.29 is 52.7 Å². The van der Waals surface area contributed by atoms with Gasteiger partial charge in [-0.1, -0.05) is 26.7 Å². The number of nitrogens with one attached hydrogen (secondary N) is 10. The van der Waals surface area contributed by atoms with Crippen molar-refractivity contribution in [2.75, 3.05) is 65.4 Å². The fraction of sp³-hybridized carbons (Fsp3) is 0.676. The molecule has 2 heterocycles. The fourth-order valence-electron chi connectivity index (χ4n) is 6.73. The Morgan fingerprint density at radius 1 is 0.571 bits per heavy atom. The lowest BCUT2D eigenvalue weighted by atomic mass is 9.76. The van der Waals surface area contributed by atoms with E-state index in [9.17, 15) is 52.7 Å². The van der Waals surface area contributed by atoms with Crippen LogP contribution in [-0.2, 0) is 52.7 Å². The number of rotatable bonds is 2. The Kier molecular flexibility index (Phi) is 17.4. The highest BCUT2D eigenvalue weighted by molar-refractivity contribution is 5.98. The summed E-state index contributed by atoms with van der Waals surface area (Å²) < 4.78 is 0. The molecule has 56 heavy (non-hydrogen) atoms. The van der Waals surface area contributed by atoms with Crippen molar-refractivity contribution in [2.45, 2.75) is 70.4 Å². The number of amides is 11. The Bertz CT molecular complexity index is 1540. The van der Waals surface area contributed by atoms with E-state index in [0.717, 1.165) is 6.42 Å². The van der Waals surface area contributed by atoms with Gasteiger partial charge >= 0.3 is 0 Å². The first kappa shape index (κ1) is 44.6. The number of carbonyl (C=O) groups is 11. The van der Waals surface area contributed by atoms with Gasteiger partial charge in [0.2, 0.25) is 65.0 Å². The summed E-state index contributed by atoms with van der Waals surface area (Å²) in [6, 6.07) is -0.919. The second-order valence-electron chi connectivity index (χ2n) is 13.8. The Labute approximate surface area is 323 Å². The van der Waals surface area contributed by atoms with E-state index in [1.54, 1.807) is 0 Å². The molecule has 2 aliphatic heterocycles. The molecule has 1 aliphatic carbocycles. The normalized spacial score (nSPS) is 26.4. The van der Waals surface area contributed by atoms with E-state index in [-0.39, 0.29) is 31.3 Å². The lowest BCUT2D eigenvalue weighted by Gasteiger charge is -2.39. The van der Waals surface area contributed by atoms with Crippen LogP contribution in [0.5, 0.6) is 0 Å². The molecule has 310 valence electrons. The van der Waals surface area contributed by atoms with Gasteiger partial charge in [-0.15, -0.1) is 0 Å². The minimum absolute atomic E-state index is 0.0249. The van der Waals surface area contributed by atoms with Gasteiger partial charge in [0.25, 0.3) is 0 Å². The van der Waals surface area contributed by atoms with E-state index in [2.05, 4.69) is 53.2 Å². The zero-order valence-corrected chi connectivity index (χ0v) is 31.7. The van der Waals surface area contributed by atoms with Crippen LogP contribution in [0.2, 0.25) is 0 Å². The molecule has 0 bridgehead atoms. The van der Waals surface area contributed by atoms with Crippen LogP contribution in [0.3, 0.4) is 0 Å². The first-order valence-electron chi connectivity index (χ1n) is 18.7. The summed E-state index contributed by atoms with van der Waals surface area (Å²) in [5.41, 5.74) is -1.36. The smallest absolute Gasteiger partial charge is 0.246 e. The van der Waals surface area contributed by atoms with E-state index in [4.69, 9.17) is 0 Å². The van der Waals surface area contributed by atoms with Crippen LogP contribution >= 0.6 is 0 Å². The van der Waals surface area contributed by atoms with Gasteiger partial charge in [-0.2, -0.15) is 0 Å². The molecule has 4 atom stereocenters. The summed E-state index contributed by atoms with van der Waals surface area (Å²) in [5, 5.41) is 24.1. The first-order valence-corrected chi connectivity index (χ1v) is 18.7. The molecule has 11 amide bonds. The third-order valence-electron chi connectivity index (χ3n) is 9.87. The quantitative estimate of drug-likeness (QED) is 0.126. The minimum atomic E-state index is -1.36. The van der Waals surface area contributed by atoms with Crippen LogP contribution in [0.4, 0.5) is 0 Å². The van der Waals surface area contributed by atoms with Gasteiger partial charge in [0.15, 0.2) is 0 Å². The number of hydrogen-bond acceptors (Lipinski definition) is 11. The van der Waals surface area contributed by atoms with Crippen LogP contribution in [0.1, 0.15) is 58.8 Å². The van der Waals surface area contributed by atoms with Gasteiger partial charge in [-0.05, 0) is 37.5 Å². The molecule has 22 nitrogen and oxygen atoms in total. The highest BCUT2D eigenvalue weighted by atomic mass is 16.2. The molecule has 10 N–H and O–H groups in total. The second-order valence-corrected chi connectivity index (χ2v) is 13.8. The molecular weight excluding hydrogens is 738 g/mol. The standard InChI is InChI=1S/C34H53N11O11/c1-3-20(2)21-6-4-9-34(21)33(56)43-18-24(47)35-10-8-23(46)36-12-25(48)37-13-26(49)38-14-27(50)39-15-28(51)40-16-29(52)41-17-30(53)42-19-31(54)45-11-5-7-22(45)32(55)44-34/h20-22H,3-19H2,1-2H3,(H,35,47)(H,36,46)(H,37,48)(H,38,49)(H,39,50)(H,40,51)(H,41,52)(H,42,53)(H,43,56)(H,44,55)/t20-,21?,22?,34?/m0/s1. The zero-order valence-electron chi connectivity index (χ0n) is 31.7. The fourth-order valence-corrected chi connectivity index (χ4v) is 6.73. The third-order valence-corrected chi connectivity index (χ3v) is 9.87. The average Bonchev–Trinajstić information content (AvgIpc) is 3.85.